The Bertz CT molecular complexity index is 290. The fourth-order valence-corrected chi connectivity index (χ4v) is 2.38. The quantitative estimate of drug-likeness (QED) is 0.550. The van der Waals surface area contributed by atoms with Crippen molar-refractivity contribution < 1.29 is 14.3 Å². The summed E-state index contributed by atoms with van der Waals surface area (Å²) in [6.07, 6.45) is 0.716. The lowest BCUT2D eigenvalue weighted by molar-refractivity contribution is -0.147. The lowest BCUT2D eigenvalue weighted by Crippen LogP contribution is -2.42. The van der Waals surface area contributed by atoms with E-state index >= 15 is 0 Å². The molecule has 94 valence electrons. The predicted molar refractivity (Wildman–Crippen MR) is 63.1 cm³/mol. The van der Waals surface area contributed by atoms with Gasteiger partial charge in [0.25, 0.3) is 0 Å². The van der Waals surface area contributed by atoms with Crippen LogP contribution in [0, 0.1) is 11.3 Å². The predicted octanol–water partition coefficient (Wildman–Crippen LogP) is 2.78. The van der Waals surface area contributed by atoms with Gasteiger partial charge in [0.15, 0.2) is 5.60 Å². The molecule has 1 aliphatic heterocycles. The van der Waals surface area contributed by atoms with E-state index in [1.165, 1.54) is 7.11 Å². The molecule has 1 rings (SSSR count). The van der Waals surface area contributed by atoms with Crippen LogP contribution in [0.1, 0.15) is 48.0 Å². The van der Waals surface area contributed by atoms with Gasteiger partial charge in [-0.05, 0) is 24.7 Å². The molecule has 0 aromatic heterocycles. The van der Waals surface area contributed by atoms with Crippen molar-refractivity contribution in [2.24, 2.45) is 11.3 Å². The summed E-state index contributed by atoms with van der Waals surface area (Å²) < 4.78 is 10.8. The molecule has 0 saturated carbocycles. The number of methoxy groups -OCH3 is 1. The van der Waals surface area contributed by atoms with Crippen molar-refractivity contribution >= 4 is 5.97 Å². The Labute approximate surface area is 98.5 Å². The van der Waals surface area contributed by atoms with Crippen LogP contribution in [0.3, 0.4) is 0 Å². The lowest BCUT2D eigenvalue weighted by Gasteiger charge is -2.28. The van der Waals surface area contributed by atoms with E-state index in [1.54, 1.807) is 0 Å². The largest absolute Gasteiger partial charge is 0.467 e. The van der Waals surface area contributed by atoms with Crippen LogP contribution in [0.4, 0.5) is 0 Å². The number of hydrogen-bond donors (Lipinski definition) is 0. The van der Waals surface area contributed by atoms with Gasteiger partial charge in [-0.15, -0.1) is 0 Å². The van der Waals surface area contributed by atoms with Gasteiger partial charge in [0.1, 0.15) is 5.60 Å². The average Bonchev–Trinajstić information content (AvgIpc) is 2.71. The van der Waals surface area contributed by atoms with Crippen molar-refractivity contribution in [3.63, 3.8) is 0 Å². The summed E-state index contributed by atoms with van der Waals surface area (Å²) in [7, 11) is 1.43. The van der Waals surface area contributed by atoms with Crippen LogP contribution in [-0.4, -0.2) is 24.3 Å². The van der Waals surface area contributed by atoms with Crippen molar-refractivity contribution in [1.29, 1.82) is 0 Å². The third-order valence-electron chi connectivity index (χ3n) is 3.75. The maximum absolute atomic E-state index is 11.9. The first-order valence-corrected chi connectivity index (χ1v) is 5.89. The molecule has 1 fully saturated rings. The second-order valence-electron chi connectivity index (χ2n) is 6.30. The third-order valence-corrected chi connectivity index (χ3v) is 3.75. The molecule has 0 bridgehead atoms. The fourth-order valence-electron chi connectivity index (χ4n) is 2.38. The number of carbonyl (C=O) groups excluding carboxylic acids is 1. The van der Waals surface area contributed by atoms with E-state index in [2.05, 4.69) is 34.6 Å². The standard InChI is InChI=1S/C13H24O3/c1-9(2)8-13(10(14)15-7)12(6,16-13)11(3,4)5/h9H,8H2,1-7H3. The molecular weight excluding hydrogens is 204 g/mol. The van der Waals surface area contributed by atoms with Crippen molar-refractivity contribution in [3.8, 4) is 0 Å². The summed E-state index contributed by atoms with van der Waals surface area (Å²) in [6, 6.07) is 0. The molecule has 2 atom stereocenters. The third kappa shape index (κ3) is 1.75. The molecule has 3 nitrogen and oxygen atoms in total. The van der Waals surface area contributed by atoms with Crippen LogP contribution in [0.5, 0.6) is 0 Å². The minimum atomic E-state index is -0.742. The minimum Gasteiger partial charge on any atom is -0.467 e. The fraction of sp³-hybridized carbons (Fsp3) is 0.923. The number of epoxide rings is 1. The molecule has 1 heterocycles. The van der Waals surface area contributed by atoms with E-state index in [0.29, 0.717) is 12.3 Å². The zero-order chi connectivity index (χ0) is 12.8. The molecule has 2 unspecified atom stereocenters. The van der Waals surface area contributed by atoms with E-state index in [-0.39, 0.29) is 11.4 Å². The summed E-state index contributed by atoms with van der Waals surface area (Å²) >= 11 is 0. The average molecular weight is 228 g/mol. The Balaban J connectivity index is 3.00. The van der Waals surface area contributed by atoms with E-state index in [1.807, 2.05) is 6.92 Å². The zero-order valence-electron chi connectivity index (χ0n) is 11.5. The molecule has 3 heteroatoms. The maximum atomic E-state index is 11.9. The SMILES string of the molecule is COC(=O)C1(CC(C)C)OC1(C)C(C)(C)C. The Morgan fingerprint density at radius 2 is 1.88 bits per heavy atom. The molecule has 0 amide bonds. The van der Waals surface area contributed by atoms with Gasteiger partial charge >= 0.3 is 5.97 Å². The minimum absolute atomic E-state index is 0.0733. The molecule has 0 aliphatic carbocycles. The van der Waals surface area contributed by atoms with Crippen LogP contribution in [0.15, 0.2) is 0 Å². The molecular formula is C13H24O3. The van der Waals surface area contributed by atoms with Crippen molar-refractivity contribution in [3.05, 3.63) is 0 Å². The van der Waals surface area contributed by atoms with E-state index in [4.69, 9.17) is 9.47 Å². The van der Waals surface area contributed by atoms with E-state index < -0.39 is 11.2 Å². The van der Waals surface area contributed by atoms with Crippen LogP contribution in [-0.2, 0) is 14.3 Å². The van der Waals surface area contributed by atoms with Crippen LogP contribution in [0.25, 0.3) is 0 Å². The highest BCUT2D eigenvalue weighted by molar-refractivity contribution is 5.85. The number of esters is 1. The van der Waals surface area contributed by atoms with Gasteiger partial charge in [0.2, 0.25) is 0 Å². The molecule has 1 aliphatic rings. The highest BCUT2D eigenvalue weighted by Crippen LogP contribution is 2.61. The second-order valence-corrected chi connectivity index (χ2v) is 6.30. The van der Waals surface area contributed by atoms with Crippen LogP contribution < -0.4 is 0 Å². The van der Waals surface area contributed by atoms with Crippen molar-refractivity contribution in [2.75, 3.05) is 7.11 Å². The van der Waals surface area contributed by atoms with Crippen molar-refractivity contribution in [2.45, 2.75) is 59.2 Å². The molecule has 1 saturated heterocycles. The Kier molecular flexibility index (Phi) is 3.14. The molecule has 0 aromatic rings. The summed E-state index contributed by atoms with van der Waals surface area (Å²) in [5.74, 6) is 0.168. The molecule has 16 heavy (non-hydrogen) atoms. The topological polar surface area (TPSA) is 38.8 Å². The monoisotopic (exact) mass is 228 g/mol. The van der Waals surface area contributed by atoms with Gasteiger partial charge in [-0.25, -0.2) is 4.79 Å². The van der Waals surface area contributed by atoms with Crippen LogP contribution in [0.2, 0.25) is 0 Å². The number of ether oxygens (including phenoxy) is 2. The Hall–Kier alpha value is -0.570. The molecule has 0 N–H and O–H groups in total. The molecule has 0 spiro atoms. The Morgan fingerprint density at radius 3 is 2.12 bits per heavy atom. The summed E-state index contributed by atoms with van der Waals surface area (Å²) in [5.41, 5.74) is -1.23. The van der Waals surface area contributed by atoms with Gasteiger partial charge in [-0.2, -0.15) is 0 Å². The first-order chi connectivity index (χ1) is 7.10. The number of rotatable bonds is 3. The van der Waals surface area contributed by atoms with Gasteiger partial charge < -0.3 is 9.47 Å². The summed E-state index contributed by atoms with van der Waals surface area (Å²) in [6.45, 7) is 12.5. The molecule has 0 aromatic carbocycles. The van der Waals surface area contributed by atoms with Gasteiger partial charge in [0.05, 0.1) is 7.11 Å². The van der Waals surface area contributed by atoms with Crippen molar-refractivity contribution in [1.82, 2.24) is 0 Å². The maximum Gasteiger partial charge on any atom is 0.341 e. The second kappa shape index (κ2) is 3.73. The first kappa shape index (κ1) is 13.5. The number of hydrogen-bond acceptors (Lipinski definition) is 3. The normalized spacial score (nSPS) is 34.0. The van der Waals surface area contributed by atoms with Gasteiger partial charge in [0, 0.05) is 0 Å². The van der Waals surface area contributed by atoms with E-state index in [9.17, 15) is 4.79 Å². The zero-order valence-corrected chi connectivity index (χ0v) is 11.5. The molecule has 0 radical (unpaired) electrons. The first-order valence-electron chi connectivity index (χ1n) is 5.89. The number of carbonyl (C=O) groups is 1. The van der Waals surface area contributed by atoms with Gasteiger partial charge in [-0.3, -0.25) is 0 Å². The smallest absolute Gasteiger partial charge is 0.341 e. The summed E-state index contributed by atoms with van der Waals surface area (Å²) in [5, 5.41) is 0. The summed E-state index contributed by atoms with van der Waals surface area (Å²) in [4.78, 5) is 11.9. The highest BCUT2D eigenvalue weighted by Gasteiger charge is 2.76. The van der Waals surface area contributed by atoms with Crippen LogP contribution >= 0.6 is 0 Å². The van der Waals surface area contributed by atoms with Gasteiger partial charge in [-0.1, -0.05) is 34.6 Å². The Morgan fingerprint density at radius 1 is 1.38 bits per heavy atom. The highest BCUT2D eigenvalue weighted by atomic mass is 16.7. The lowest BCUT2D eigenvalue weighted by atomic mass is 9.72. The van der Waals surface area contributed by atoms with E-state index in [0.717, 1.165) is 0 Å².